The number of aromatic nitrogens is 2. The minimum absolute atomic E-state index is 0.0218. The number of benzene rings is 1. The molecule has 0 aliphatic carbocycles. The van der Waals surface area contributed by atoms with Crippen molar-refractivity contribution in [2.24, 2.45) is 5.10 Å². The molecule has 3 rings (SSSR count). The number of hydrogen-bond acceptors (Lipinski definition) is 6. The van der Waals surface area contributed by atoms with Crippen LogP contribution in [0.2, 0.25) is 0 Å². The molecule has 0 saturated carbocycles. The van der Waals surface area contributed by atoms with Crippen LogP contribution in [0.25, 0.3) is 4.96 Å². The molecule has 1 N–H and O–H groups in total. The van der Waals surface area contributed by atoms with E-state index >= 15 is 0 Å². The summed E-state index contributed by atoms with van der Waals surface area (Å²) in [6.45, 7) is 1.67. The summed E-state index contributed by atoms with van der Waals surface area (Å²) >= 11 is 1.49. The number of nitrogens with one attached hydrogen (secondary N) is 1. The molecular weight excluding hydrogens is 330 g/mol. The van der Waals surface area contributed by atoms with Gasteiger partial charge in [-0.25, -0.2) is 10.4 Å². The summed E-state index contributed by atoms with van der Waals surface area (Å²) in [5.41, 5.74) is 4.14. The molecule has 1 amide bonds. The van der Waals surface area contributed by atoms with Crippen LogP contribution in [0.15, 0.2) is 47.1 Å². The van der Waals surface area contributed by atoms with E-state index in [1.54, 1.807) is 25.3 Å². The third kappa shape index (κ3) is 3.46. The van der Waals surface area contributed by atoms with E-state index < -0.39 is 4.92 Å². The number of rotatable bonds is 5. The van der Waals surface area contributed by atoms with Gasteiger partial charge in [0, 0.05) is 35.5 Å². The first kappa shape index (κ1) is 15.8. The molecule has 24 heavy (non-hydrogen) atoms. The van der Waals surface area contributed by atoms with Gasteiger partial charge in [-0.05, 0) is 6.92 Å². The number of hydrogen-bond donors (Lipinski definition) is 1. The van der Waals surface area contributed by atoms with Crippen LogP contribution < -0.4 is 5.43 Å². The van der Waals surface area contributed by atoms with Gasteiger partial charge in [0.15, 0.2) is 4.96 Å². The zero-order chi connectivity index (χ0) is 17.1. The van der Waals surface area contributed by atoms with Crippen molar-refractivity contribution in [1.82, 2.24) is 14.8 Å². The van der Waals surface area contributed by atoms with Gasteiger partial charge in [-0.1, -0.05) is 12.1 Å². The van der Waals surface area contributed by atoms with Crippen LogP contribution in [-0.2, 0) is 11.2 Å². The Hall–Kier alpha value is -3.07. The minimum Gasteiger partial charge on any atom is -0.297 e. The Morgan fingerprint density at radius 3 is 3.08 bits per heavy atom. The van der Waals surface area contributed by atoms with Crippen molar-refractivity contribution in [2.75, 3.05) is 0 Å². The van der Waals surface area contributed by atoms with Crippen LogP contribution >= 0.6 is 11.3 Å². The van der Waals surface area contributed by atoms with E-state index in [1.807, 2.05) is 16.0 Å². The number of carbonyl (C=O) groups excluding carboxylic acids is 1. The molecule has 0 atom stereocenters. The zero-order valence-corrected chi connectivity index (χ0v) is 13.5. The van der Waals surface area contributed by atoms with E-state index in [9.17, 15) is 14.9 Å². The number of carbonyl (C=O) groups is 1. The molecule has 0 radical (unpaired) electrons. The molecule has 9 heteroatoms. The quantitative estimate of drug-likeness (QED) is 0.436. The van der Waals surface area contributed by atoms with Crippen molar-refractivity contribution < 1.29 is 9.72 Å². The molecule has 0 fully saturated rings. The SMILES string of the molecule is C/C(=N/NC(=O)Cc1cn2ccsc2n1)c1cccc([N+](=O)[O-])c1. The number of fused-ring (bicyclic) bond motifs is 1. The Labute approximate surface area is 140 Å². The molecule has 0 spiro atoms. The lowest BCUT2D eigenvalue weighted by Gasteiger charge is -2.02. The van der Waals surface area contributed by atoms with E-state index in [1.165, 1.54) is 23.5 Å². The number of nitro groups is 1. The van der Waals surface area contributed by atoms with Crippen LogP contribution in [0.4, 0.5) is 5.69 Å². The average Bonchev–Trinajstić information content (AvgIpc) is 3.14. The van der Waals surface area contributed by atoms with Crippen molar-refractivity contribution in [3.8, 4) is 0 Å². The molecule has 0 saturated heterocycles. The predicted octanol–water partition coefficient (Wildman–Crippen LogP) is 2.39. The van der Waals surface area contributed by atoms with Crippen LogP contribution in [0.5, 0.6) is 0 Å². The molecule has 8 nitrogen and oxygen atoms in total. The van der Waals surface area contributed by atoms with Gasteiger partial charge >= 0.3 is 0 Å². The second-order valence-corrected chi connectivity index (χ2v) is 5.91. The second-order valence-electron chi connectivity index (χ2n) is 5.04. The van der Waals surface area contributed by atoms with Gasteiger partial charge in [-0.15, -0.1) is 11.3 Å². The molecule has 122 valence electrons. The molecule has 0 unspecified atom stereocenters. The Balaban J connectivity index is 1.65. The standard InChI is InChI=1S/C15H13N5O3S/c1-10(11-3-2-4-13(7-11)20(22)23)17-18-14(21)8-12-9-19-5-6-24-15(19)16-12/h2-7,9H,8H2,1H3,(H,18,21)/b17-10-. The summed E-state index contributed by atoms with van der Waals surface area (Å²) in [6.07, 6.45) is 3.78. The number of amides is 1. The topological polar surface area (TPSA) is 102 Å². The molecule has 0 bridgehead atoms. The average molecular weight is 343 g/mol. The first-order valence-electron chi connectivity index (χ1n) is 7.02. The first-order chi connectivity index (χ1) is 11.5. The fraction of sp³-hybridized carbons (Fsp3) is 0.133. The van der Waals surface area contributed by atoms with Crippen molar-refractivity contribution in [3.05, 3.63) is 63.4 Å². The first-order valence-corrected chi connectivity index (χ1v) is 7.90. The third-order valence-electron chi connectivity index (χ3n) is 3.31. The smallest absolute Gasteiger partial charge is 0.270 e. The van der Waals surface area contributed by atoms with Gasteiger partial charge in [0.1, 0.15) is 0 Å². The summed E-state index contributed by atoms with van der Waals surface area (Å²) in [4.78, 5) is 27.4. The summed E-state index contributed by atoms with van der Waals surface area (Å²) in [5.74, 6) is -0.300. The Bertz CT molecular complexity index is 915. The van der Waals surface area contributed by atoms with E-state index in [-0.39, 0.29) is 18.0 Å². The monoisotopic (exact) mass is 343 g/mol. The number of nitro benzene ring substituents is 1. The lowest BCUT2D eigenvalue weighted by atomic mass is 10.1. The summed E-state index contributed by atoms with van der Waals surface area (Å²) < 4.78 is 1.85. The minimum atomic E-state index is -0.472. The van der Waals surface area contributed by atoms with Crippen LogP contribution in [0.1, 0.15) is 18.2 Å². The van der Waals surface area contributed by atoms with E-state index in [2.05, 4.69) is 15.5 Å². The number of hydrazone groups is 1. The largest absolute Gasteiger partial charge is 0.297 e. The lowest BCUT2D eigenvalue weighted by Crippen LogP contribution is -2.21. The van der Waals surface area contributed by atoms with E-state index in [4.69, 9.17) is 0 Å². The maximum absolute atomic E-state index is 11.9. The summed E-state index contributed by atoms with van der Waals surface area (Å²) in [7, 11) is 0. The normalized spacial score (nSPS) is 11.6. The lowest BCUT2D eigenvalue weighted by molar-refractivity contribution is -0.384. The summed E-state index contributed by atoms with van der Waals surface area (Å²) in [5, 5.41) is 16.7. The van der Waals surface area contributed by atoms with Gasteiger partial charge in [0.05, 0.1) is 22.7 Å². The number of thiazole rings is 1. The van der Waals surface area contributed by atoms with E-state index in [0.717, 1.165) is 4.96 Å². The molecule has 2 heterocycles. The predicted molar refractivity (Wildman–Crippen MR) is 90.2 cm³/mol. The number of nitrogens with zero attached hydrogens (tertiary/aromatic N) is 4. The molecule has 0 aliphatic heterocycles. The maximum Gasteiger partial charge on any atom is 0.270 e. The molecule has 3 aromatic rings. The second kappa shape index (κ2) is 6.59. The van der Waals surface area contributed by atoms with Gasteiger partial charge in [-0.3, -0.25) is 19.3 Å². The highest BCUT2D eigenvalue weighted by Gasteiger charge is 2.10. The maximum atomic E-state index is 11.9. The van der Waals surface area contributed by atoms with Crippen LogP contribution in [-0.4, -0.2) is 25.9 Å². The van der Waals surface area contributed by atoms with Crippen LogP contribution in [0.3, 0.4) is 0 Å². The van der Waals surface area contributed by atoms with Gasteiger partial charge in [0.25, 0.3) is 5.69 Å². The molecule has 0 aliphatic rings. The van der Waals surface area contributed by atoms with Crippen LogP contribution in [0, 0.1) is 10.1 Å². The molecule has 1 aromatic carbocycles. The number of imidazole rings is 1. The van der Waals surface area contributed by atoms with Gasteiger partial charge < -0.3 is 0 Å². The zero-order valence-electron chi connectivity index (χ0n) is 12.7. The van der Waals surface area contributed by atoms with Crippen molar-refractivity contribution in [2.45, 2.75) is 13.3 Å². The van der Waals surface area contributed by atoms with Crippen molar-refractivity contribution in [1.29, 1.82) is 0 Å². The fourth-order valence-corrected chi connectivity index (χ4v) is 2.84. The highest BCUT2D eigenvalue weighted by Crippen LogP contribution is 2.14. The Kier molecular flexibility index (Phi) is 4.34. The van der Waals surface area contributed by atoms with Crippen molar-refractivity contribution in [3.63, 3.8) is 0 Å². The highest BCUT2D eigenvalue weighted by molar-refractivity contribution is 7.15. The Morgan fingerprint density at radius 2 is 2.33 bits per heavy atom. The summed E-state index contributed by atoms with van der Waals surface area (Å²) in [6, 6.07) is 6.09. The Morgan fingerprint density at radius 1 is 1.50 bits per heavy atom. The highest BCUT2D eigenvalue weighted by atomic mass is 32.1. The van der Waals surface area contributed by atoms with Crippen molar-refractivity contribution >= 4 is 33.6 Å². The molecule has 2 aromatic heterocycles. The fourth-order valence-electron chi connectivity index (χ4n) is 2.12. The molecular formula is C15H13N5O3S. The third-order valence-corrected chi connectivity index (χ3v) is 4.08. The van der Waals surface area contributed by atoms with Gasteiger partial charge in [0.2, 0.25) is 5.91 Å². The van der Waals surface area contributed by atoms with E-state index in [0.29, 0.717) is 17.0 Å². The number of non-ortho nitro benzene ring substituents is 1. The van der Waals surface area contributed by atoms with Gasteiger partial charge in [-0.2, -0.15) is 5.10 Å².